The highest BCUT2D eigenvalue weighted by Crippen LogP contribution is 2.20. The highest BCUT2D eigenvalue weighted by atomic mass is 32.2. The van der Waals surface area contributed by atoms with Crippen LogP contribution in [0, 0.1) is 0 Å². The van der Waals surface area contributed by atoms with Gasteiger partial charge in [-0.1, -0.05) is 12.1 Å². The number of carbonyl (C=O) groups excluding carboxylic acids is 1. The largest absolute Gasteiger partial charge is 0.377 e. The molecule has 2 N–H and O–H groups in total. The molecule has 18 heavy (non-hydrogen) atoms. The third kappa shape index (κ3) is 3.25. The maximum absolute atomic E-state index is 11.9. The second kappa shape index (κ2) is 6.22. The van der Waals surface area contributed by atoms with E-state index in [0.717, 1.165) is 22.9 Å². The van der Waals surface area contributed by atoms with Gasteiger partial charge in [-0.2, -0.15) is 0 Å². The van der Waals surface area contributed by atoms with Crippen LogP contribution < -0.4 is 10.6 Å². The summed E-state index contributed by atoms with van der Waals surface area (Å²) >= 11 is 1.74. The maximum Gasteiger partial charge on any atom is 0.242 e. The Balaban J connectivity index is 2.02. The number of hydrogen-bond acceptors (Lipinski definition) is 4. The van der Waals surface area contributed by atoms with Gasteiger partial charge in [0, 0.05) is 24.4 Å². The van der Waals surface area contributed by atoms with Crippen LogP contribution in [-0.4, -0.2) is 30.7 Å². The maximum atomic E-state index is 11.9. The van der Waals surface area contributed by atoms with Crippen molar-refractivity contribution in [1.29, 1.82) is 0 Å². The van der Waals surface area contributed by atoms with Gasteiger partial charge in [-0.15, -0.1) is 11.8 Å². The molecular formula is C13H18N2O2S. The van der Waals surface area contributed by atoms with Crippen molar-refractivity contribution in [3.63, 3.8) is 0 Å². The van der Waals surface area contributed by atoms with Crippen LogP contribution in [0.5, 0.6) is 0 Å². The molecule has 0 unspecified atom stereocenters. The Kier molecular flexibility index (Phi) is 4.63. The number of benzene rings is 1. The first-order valence-electron chi connectivity index (χ1n) is 5.95. The molecule has 0 spiro atoms. The Morgan fingerprint density at radius 2 is 2.44 bits per heavy atom. The fraction of sp³-hybridized carbons (Fsp3) is 0.462. The Hall–Kier alpha value is -1.04. The van der Waals surface area contributed by atoms with Gasteiger partial charge in [0.25, 0.3) is 0 Å². The van der Waals surface area contributed by atoms with E-state index in [1.54, 1.807) is 18.9 Å². The summed E-state index contributed by atoms with van der Waals surface area (Å²) in [7, 11) is 1.68. The zero-order valence-corrected chi connectivity index (χ0v) is 11.4. The lowest BCUT2D eigenvalue weighted by molar-refractivity contribution is -0.117. The number of ether oxygens (including phenoxy) is 1. The number of amides is 1. The molecule has 0 saturated carbocycles. The van der Waals surface area contributed by atoms with Gasteiger partial charge in [-0.05, 0) is 24.6 Å². The molecule has 1 aliphatic heterocycles. The second-order valence-electron chi connectivity index (χ2n) is 4.26. The van der Waals surface area contributed by atoms with Crippen molar-refractivity contribution in [2.24, 2.45) is 0 Å². The minimum Gasteiger partial charge on any atom is -0.377 e. The molecule has 2 rings (SSSR count). The van der Waals surface area contributed by atoms with Crippen LogP contribution in [0.3, 0.4) is 0 Å². The van der Waals surface area contributed by atoms with E-state index < -0.39 is 0 Å². The molecule has 0 aliphatic carbocycles. The Bertz CT molecular complexity index is 419. The van der Waals surface area contributed by atoms with E-state index >= 15 is 0 Å². The summed E-state index contributed by atoms with van der Waals surface area (Å²) in [4.78, 5) is 11.9. The Morgan fingerprint density at radius 1 is 1.61 bits per heavy atom. The molecule has 98 valence electrons. The van der Waals surface area contributed by atoms with E-state index in [-0.39, 0.29) is 18.1 Å². The summed E-state index contributed by atoms with van der Waals surface area (Å²) in [6.07, 6.45) is 0.0296. The molecule has 1 fully saturated rings. The first-order valence-corrected chi connectivity index (χ1v) is 7.11. The second-order valence-corrected chi connectivity index (χ2v) is 5.29. The summed E-state index contributed by atoms with van der Waals surface area (Å²) in [5.74, 6) is 1.71. The SMILES string of the molecule is CO[C@@H](C)c1cccc(NC(=O)[C@H]2CSCN2)c1. The number of thioether (sulfide) groups is 1. The van der Waals surface area contributed by atoms with Gasteiger partial charge in [0.2, 0.25) is 5.91 Å². The predicted molar refractivity (Wildman–Crippen MR) is 74.7 cm³/mol. The van der Waals surface area contributed by atoms with Gasteiger partial charge in [-0.25, -0.2) is 0 Å². The molecule has 1 amide bonds. The minimum absolute atomic E-state index is 0.0296. The number of hydrogen-bond donors (Lipinski definition) is 2. The van der Waals surface area contributed by atoms with Crippen molar-refractivity contribution in [3.8, 4) is 0 Å². The normalized spacial score (nSPS) is 20.7. The highest BCUT2D eigenvalue weighted by molar-refractivity contribution is 7.99. The van der Waals surface area contributed by atoms with Crippen molar-refractivity contribution in [3.05, 3.63) is 29.8 Å². The van der Waals surface area contributed by atoms with Crippen molar-refractivity contribution in [2.45, 2.75) is 19.1 Å². The number of anilines is 1. The zero-order chi connectivity index (χ0) is 13.0. The fourth-order valence-electron chi connectivity index (χ4n) is 1.80. The molecule has 1 heterocycles. The highest BCUT2D eigenvalue weighted by Gasteiger charge is 2.22. The van der Waals surface area contributed by atoms with E-state index in [4.69, 9.17) is 4.74 Å². The van der Waals surface area contributed by atoms with Gasteiger partial charge in [0.05, 0.1) is 12.1 Å². The van der Waals surface area contributed by atoms with Gasteiger partial charge in [-0.3, -0.25) is 10.1 Å². The molecule has 4 nitrogen and oxygen atoms in total. The lowest BCUT2D eigenvalue weighted by atomic mass is 10.1. The molecule has 5 heteroatoms. The molecule has 0 aromatic heterocycles. The van der Waals surface area contributed by atoms with Crippen LogP contribution in [0.25, 0.3) is 0 Å². The van der Waals surface area contributed by atoms with Crippen LogP contribution in [0.2, 0.25) is 0 Å². The number of methoxy groups -OCH3 is 1. The summed E-state index contributed by atoms with van der Waals surface area (Å²) in [5, 5.41) is 6.08. The smallest absolute Gasteiger partial charge is 0.242 e. The van der Waals surface area contributed by atoms with Crippen LogP contribution >= 0.6 is 11.8 Å². The topological polar surface area (TPSA) is 50.4 Å². The number of nitrogens with one attached hydrogen (secondary N) is 2. The number of rotatable bonds is 4. The summed E-state index contributed by atoms with van der Waals surface area (Å²) in [6, 6.07) is 7.68. The van der Waals surface area contributed by atoms with Crippen molar-refractivity contribution >= 4 is 23.4 Å². The van der Waals surface area contributed by atoms with Gasteiger partial charge in [0.15, 0.2) is 0 Å². The third-order valence-corrected chi connectivity index (χ3v) is 3.95. The Morgan fingerprint density at radius 3 is 3.11 bits per heavy atom. The molecule has 2 atom stereocenters. The van der Waals surface area contributed by atoms with E-state index in [9.17, 15) is 4.79 Å². The van der Waals surface area contributed by atoms with E-state index in [0.29, 0.717) is 0 Å². The minimum atomic E-state index is -0.0847. The molecule has 0 radical (unpaired) electrons. The summed E-state index contributed by atoms with van der Waals surface area (Å²) in [5.41, 5.74) is 1.88. The van der Waals surface area contributed by atoms with Crippen LogP contribution in [-0.2, 0) is 9.53 Å². The van der Waals surface area contributed by atoms with Gasteiger partial charge in [0.1, 0.15) is 0 Å². The molecule has 1 aromatic carbocycles. The van der Waals surface area contributed by atoms with Crippen LogP contribution in [0.4, 0.5) is 5.69 Å². The molecule has 1 saturated heterocycles. The first-order chi connectivity index (χ1) is 8.70. The summed E-state index contributed by atoms with van der Waals surface area (Å²) < 4.78 is 5.27. The van der Waals surface area contributed by atoms with Crippen LogP contribution in [0.1, 0.15) is 18.6 Å². The standard InChI is InChI=1S/C13H18N2O2S/c1-9(17-2)10-4-3-5-11(6-10)15-13(16)12-7-18-8-14-12/h3-6,9,12,14H,7-8H2,1-2H3,(H,15,16)/t9-,12+/m0/s1. The van der Waals surface area contributed by atoms with Gasteiger partial charge >= 0.3 is 0 Å². The van der Waals surface area contributed by atoms with Crippen molar-refractivity contribution in [1.82, 2.24) is 5.32 Å². The molecule has 1 aromatic rings. The molecule has 1 aliphatic rings. The Labute approximate surface area is 111 Å². The van der Waals surface area contributed by atoms with E-state index in [2.05, 4.69) is 10.6 Å². The monoisotopic (exact) mass is 266 g/mol. The predicted octanol–water partition coefficient (Wildman–Crippen LogP) is 1.99. The lowest BCUT2D eigenvalue weighted by Gasteiger charge is -2.13. The average molecular weight is 266 g/mol. The van der Waals surface area contributed by atoms with Crippen molar-refractivity contribution < 1.29 is 9.53 Å². The lowest BCUT2D eigenvalue weighted by Crippen LogP contribution is -2.37. The molecular weight excluding hydrogens is 248 g/mol. The molecule has 0 bridgehead atoms. The summed E-state index contributed by atoms with van der Waals surface area (Å²) in [6.45, 7) is 1.98. The van der Waals surface area contributed by atoms with E-state index in [1.807, 2.05) is 31.2 Å². The first kappa shape index (κ1) is 13.4. The third-order valence-electron chi connectivity index (χ3n) is 3.01. The number of carbonyl (C=O) groups is 1. The fourth-order valence-corrected chi connectivity index (χ4v) is 2.74. The average Bonchev–Trinajstić information content (AvgIpc) is 2.92. The zero-order valence-electron chi connectivity index (χ0n) is 10.6. The van der Waals surface area contributed by atoms with Gasteiger partial charge < -0.3 is 10.1 Å². The van der Waals surface area contributed by atoms with E-state index in [1.165, 1.54) is 0 Å². The van der Waals surface area contributed by atoms with Crippen molar-refractivity contribution in [2.75, 3.05) is 24.1 Å². The quantitative estimate of drug-likeness (QED) is 0.875. The van der Waals surface area contributed by atoms with Crippen LogP contribution in [0.15, 0.2) is 24.3 Å².